The number of nitrogens with one attached hydrogen (secondary N) is 1. The Morgan fingerprint density at radius 1 is 1.32 bits per heavy atom. The Morgan fingerprint density at radius 3 is 2.45 bits per heavy atom. The van der Waals surface area contributed by atoms with Crippen LogP contribution in [0.4, 0.5) is 0 Å². The molecule has 1 aliphatic heterocycles. The Hall–Kier alpha value is -1.01. The Labute approximate surface area is 138 Å². The molecule has 3 N–H and O–H groups in total. The van der Waals surface area contributed by atoms with E-state index in [2.05, 4.69) is 10.2 Å². The smallest absolute Gasteiger partial charge is 0.124 e. The first kappa shape index (κ1) is 19.0. The molecule has 0 radical (unpaired) electrons. The van der Waals surface area contributed by atoms with Crippen LogP contribution in [0.5, 0.6) is 11.5 Å². The van der Waals surface area contributed by atoms with Crippen LogP contribution in [0.15, 0.2) is 18.2 Å². The van der Waals surface area contributed by atoms with Gasteiger partial charge in [-0.15, -0.1) is 12.4 Å². The van der Waals surface area contributed by atoms with Crippen molar-refractivity contribution in [3.63, 3.8) is 0 Å². The number of nitrogens with zero attached hydrogens (tertiary/aromatic N) is 1. The van der Waals surface area contributed by atoms with Gasteiger partial charge in [0.05, 0.1) is 7.11 Å². The number of piperazine rings is 1. The first-order valence-electron chi connectivity index (χ1n) is 7.42. The van der Waals surface area contributed by atoms with E-state index in [4.69, 9.17) is 4.74 Å². The summed E-state index contributed by atoms with van der Waals surface area (Å²) >= 11 is 0. The largest absolute Gasteiger partial charge is 0.507 e. The van der Waals surface area contributed by atoms with E-state index in [9.17, 15) is 10.2 Å². The summed E-state index contributed by atoms with van der Waals surface area (Å²) in [6.07, 6.45) is 0. The third-order valence-corrected chi connectivity index (χ3v) is 4.20. The summed E-state index contributed by atoms with van der Waals surface area (Å²) in [6.45, 7) is 7.78. The first-order chi connectivity index (χ1) is 9.99. The van der Waals surface area contributed by atoms with Crippen molar-refractivity contribution >= 4 is 12.4 Å². The topological polar surface area (TPSA) is 65.0 Å². The van der Waals surface area contributed by atoms with Gasteiger partial charge in [0.15, 0.2) is 0 Å². The van der Waals surface area contributed by atoms with Crippen LogP contribution in [0.2, 0.25) is 0 Å². The van der Waals surface area contributed by atoms with Gasteiger partial charge in [-0.1, -0.05) is 19.9 Å². The van der Waals surface area contributed by atoms with Crippen molar-refractivity contribution in [3.05, 3.63) is 23.8 Å². The number of phenols is 1. The number of halogens is 1. The number of benzene rings is 1. The predicted molar refractivity (Wildman–Crippen MR) is 90.0 cm³/mol. The average Bonchev–Trinajstić information content (AvgIpc) is 2.50. The number of aromatic hydroxyl groups is 1. The molecule has 1 aliphatic rings. The van der Waals surface area contributed by atoms with Crippen molar-refractivity contribution in [3.8, 4) is 11.5 Å². The zero-order chi connectivity index (χ0) is 15.5. The molecule has 0 spiro atoms. The molecular weight excluding hydrogens is 304 g/mol. The van der Waals surface area contributed by atoms with Gasteiger partial charge in [0.2, 0.25) is 0 Å². The van der Waals surface area contributed by atoms with E-state index in [1.165, 1.54) is 0 Å². The fourth-order valence-electron chi connectivity index (χ4n) is 3.02. The van der Waals surface area contributed by atoms with Crippen molar-refractivity contribution in [2.24, 2.45) is 5.41 Å². The summed E-state index contributed by atoms with van der Waals surface area (Å²) < 4.78 is 5.15. The van der Waals surface area contributed by atoms with Crippen molar-refractivity contribution in [2.75, 3.05) is 39.9 Å². The van der Waals surface area contributed by atoms with Gasteiger partial charge in [-0.05, 0) is 6.07 Å². The predicted octanol–water partition coefficient (Wildman–Crippen LogP) is 1.79. The number of aliphatic hydroxyl groups excluding tert-OH is 1. The molecule has 1 saturated heterocycles. The number of hydrogen-bond donors (Lipinski definition) is 3. The lowest BCUT2D eigenvalue weighted by molar-refractivity contribution is 0.0293. The fraction of sp³-hybridized carbons (Fsp3) is 0.625. The molecule has 1 heterocycles. The van der Waals surface area contributed by atoms with E-state index in [0.29, 0.717) is 5.75 Å². The third-order valence-electron chi connectivity index (χ3n) is 4.20. The number of methoxy groups -OCH3 is 1. The van der Waals surface area contributed by atoms with Gasteiger partial charge < -0.3 is 20.3 Å². The Morgan fingerprint density at radius 2 is 1.95 bits per heavy atom. The molecule has 1 aromatic carbocycles. The highest BCUT2D eigenvalue weighted by atomic mass is 35.5. The van der Waals surface area contributed by atoms with Crippen LogP contribution >= 0.6 is 12.4 Å². The van der Waals surface area contributed by atoms with Crippen LogP contribution in [0.3, 0.4) is 0 Å². The Kier molecular flexibility index (Phi) is 6.94. The molecule has 0 saturated carbocycles. The Bertz CT molecular complexity index is 476. The zero-order valence-corrected chi connectivity index (χ0v) is 14.3. The molecule has 1 aromatic rings. The average molecular weight is 331 g/mol. The van der Waals surface area contributed by atoms with E-state index in [0.717, 1.165) is 31.7 Å². The highest BCUT2D eigenvalue weighted by molar-refractivity contribution is 5.85. The second-order valence-electron chi connectivity index (χ2n) is 6.26. The molecule has 5 nitrogen and oxygen atoms in total. The normalized spacial score (nSPS) is 17.6. The first-order valence-corrected chi connectivity index (χ1v) is 7.42. The number of hydrogen-bond acceptors (Lipinski definition) is 5. The molecule has 1 atom stereocenters. The van der Waals surface area contributed by atoms with Crippen LogP contribution in [-0.2, 0) is 0 Å². The molecule has 0 bridgehead atoms. The molecule has 0 amide bonds. The zero-order valence-electron chi connectivity index (χ0n) is 13.5. The second-order valence-corrected chi connectivity index (χ2v) is 6.26. The molecular formula is C16H27ClN2O3. The van der Waals surface area contributed by atoms with E-state index in [1.54, 1.807) is 13.2 Å². The molecule has 0 aromatic heterocycles. The number of rotatable bonds is 5. The minimum Gasteiger partial charge on any atom is -0.507 e. The third kappa shape index (κ3) is 4.04. The monoisotopic (exact) mass is 330 g/mol. The number of aliphatic hydroxyl groups is 1. The van der Waals surface area contributed by atoms with Gasteiger partial charge in [-0.2, -0.15) is 0 Å². The maximum Gasteiger partial charge on any atom is 0.124 e. The van der Waals surface area contributed by atoms with Crippen LogP contribution < -0.4 is 10.1 Å². The molecule has 22 heavy (non-hydrogen) atoms. The summed E-state index contributed by atoms with van der Waals surface area (Å²) in [5.74, 6) is 0.858. The van der Waals surface area contributed by atoms with Crippen LogP contribution in [0, 0.1) is 5.41 Å². The summed E-state index contributed by atoms with van der Waals surface area (Å²) in [7, 11) is 1.58. The van der Waals surface area contributed by atoms with Gasteiger partial charge in [0.1, 0.15) is 11.5 Å². The highest BCUT2D eigenvalue weighted by Gasteiger charge is 2.37. The van der Waals surface area contributed by atoms with Gasteiger partial charge in [0.25, 0.3) is 0 Å². The van der Waals surface area contributed by atoms with Crippen molar-refractivity contribution in [2.45, 2.75) is 19.9 Å². The van der Waals surface area contributed by atoms with Crippen molar-refractivity contribution in [1.82, 2.24) is 10.2 Å². The van der Waals surface area contributed by atoms with E-state index in [1.807, 2.05) is 26.0 Å². The molecule has 0 unspecified atom stereocenters. The lowest BCUT2D eigenvalue weighted by atomic mass is 9.79. The number of ether oxygens (including phenoxy) is 1. The van der Waals surface area contributed by atoms with Crippen molar-refractivity contribution in [1.29, 1.82) is 0 Å². The summed E-state index contributed by atoms with van der Waals surface area (Å²) in [5.41, 5.74) is 0.500. The minimum absolute atomic E-state index is 0. The lowest BCUT2D eigenvalue weighted by Crippen LogP contribution is -2.49. The standard InChI is InChI=1S/C16H26N2O3.ClH/c1-16(2,11-19)15(18-8-6-17-7-9-18)13-5-4-12(21-3)10-14(13)20;/h4-5,10,15,17,19-20H,6-9,11H2,1-3H3;1H/t15-;/m0./s1. The van der Waals surface area contributed by atoms with Gasteiger partial charge in [-0.3, -0.25) is 4.90 Å². The van der Waals surface area contributed by atoms with Gasteiger partial charge in [-0.25, -0.2) is 0 Å². The van der Waals surface area contributed by atoms with Gasteiger partial charge in [0, 0.05) is 55.9 Å². The van der Waals surface area contributed by atoms with Crippen molar-refractivity contribution < 1.29 is 14.9 Å². The van der Waals surface area contributed by atoms with E-state index in [-0.39, 0.29) is 36.2 Å². The summed E-state index contributed by atoms with van der Waals surface area (Å²) in [6, 6.07) is 5.36. The Balaban J connectivity index is 0.00000242. The van der Waals surface area contributed by atoms with Gasteiger partial charge >= 0.3 is 0 Å². The van der Waals surface area contributed by atoms with Crippen LogP contribution in [0.1, 0.15) is 25.5 Å². The minimum atomic E-state index is -0.344. The number of phenolic OH excluding ortho intramolecular Hbond substituents is 1. The van der Waals surface area contributed by atoms with Crippen LogP contribution in [0.25, 0.3) is 0 Å². The maximum atomic E-state index is 10.4. The van der Waals surface area contributed by atoms with E-state index >= 15 is 0 Å². The maximum absolute atomic E-state index is 10.4. The summed E-state index contributed by atoms with van der Waals surface area (Å²) in [4.78, 5) is 2.33. The van der Waals surface area contributed by atoms with Crippen LogP contribution in [-0.4, -0.2) is 55.0 Å². The molecule has 0 aliphatic carbocycles. The highest BCUT2D eigenvalue weighted by Crippen LogP contribution is 2.42. The quantitative estimate of drug-likeness (QED) is 0.768. The summed E-state index contributed by atoms with van der Waals surface area (Å²) in [5, 5.41) is 23.5. The second kappa shape index (κ2) is 8.02. The molecule has 6 heteroatoms. The molecule has 126 valence electrons. The molecule has 2 rings (SSSR count). The molecule has 1 fully saturated rings. The van der Waals surface area contributed by atoms with E-state index < -0.39 is 0 Å². The fourth-order valence-corrected chi connectivity index (χ4v) is 3.02. The SMILES string of the molecule is COc1ccc([C@H](N2CCNCC2)C(C)(C)CO)c(O)c1.Cl. The lowest BCUT2D eigenvalue weighted by Gasteiger charge is -2.43.